The average molecular weight is 336 g/mol. The minimum absolute atomic E-state index is 0.122. The molecule has 3 aliphatic rings. The van der Waals surface area contributed by atoms with E-state index in [1.165, 1.54) is 10.4 Å². The summed E-state index contributed by atoms with van der Waals surface area (Å²) >= 11 is 3.55. The summed E-state index contributed by atoms with van der Waals surface area (Å²) in [5.41, 5.74) is 1.28. The number of thiophene rings is 1. The summed E-state index contributed by atoms with van der Waals surface area (Å²) in [5, 5.41) is 2.11. The molecule has 4 nitrogen and oxygen atoms in total. The molecule has 1 aromatic rings. The molecule has 4 rings (SSSR count). The van der Waals surface area contributed by atoms with Gasteiger partial charge in [-0.2, -0.15) is 0 Å². The predicted octanol–water partition coefficient (Wildman–Crippen LogP) is 2.65. The zero-order valence-electron chi connectivity index (χ0n) is 12.9. The predicted molar refractivity (Wildman–Crippen MR) is 88.9 cm³/mol. The highest BCUT2D eigenvalue weighted by Crippen LogP contribution is 2.48. The molecule has 0 unspecified atom stereocenters. The van der Waals surface area contributed by atoms with Crippen molar-refractivity contribution in [2.24, 2.45) is 0 Å². The first-order chi connectivity index (χ1) is 10.5. The van der Waals surface area contributed by atoms with E-state index in [1.54, 1.807) is 23.1 Å². The number of thioether (sulfide) groups is 1. The summed E-state index contributed by atoms with van der Waals surface area (Å²) in [6.07, 6.45) is 2.39. The average Bonchev–Trinajstić information content (AvgIpc) is 3.15. The molecule has 2 fully saturated rings. The third kappa shape index (κ3) is 1.96. The molecule has 2 saturated heterocycles. The molecule has 3 aliphatic heterocycles. The fraction of sp³-hybridized carbons (Fsp3) is 0.625. The van der Waals surface area contributed by atoms with Crippen LogP contribution in [-0.2, 0) is 16.0 Å². The Labute approximate surface area is 138 Å². The number of nitrogens with zero attached hydrogens (tertiary/aromatic N) is 2. The van der Waals surface area contributed by atoms with E-state index in [-0.39, 0.29) is 28.8 Å². The van der Waals surface area contributed by atoms with Crippen molar-refractivity contribution >= 4 is 34.9 Å². The second-order valence-corrected chi connectivity index (χ2v) is 9.02. The van der Waals surface area contributed by atoms with E-state index >= 15 is 0 Å². The summed E-state index contributed by atoms with van der Waals surface area (Å²) in [6.45, 7) is 4.98. The molecule has 6 heteroatoms. The van der Waals surface area contributed by atoms with Crippen LogP contribution in [0.25, 0.3) is 0 Å². The zero-order valence-corrected chi connectivity index (χ0v) is 14.5. The highest BCUT2D eigenvalue weighted by Gasteiger charge is 2.54. The first-order valence-electron chi connectivity index (χ1n) is 7.84. The number of amides is 2. The Kier molecular flexibility index (Phi) is 3.31. The summed E-state index contributed by atoms with van der Waals surface area (Å²) in [7, 11) is 0. The van der Waals surface area contributed by atoms with Gasteiger partial charge in [0.05, 0.1) is 10.9 Å². The lowest BCUT2D eigenvalue weighted by atomic mass is 10.0. The number of hydrogen-bond donors (Lipinski definition) is 0. The highest BCUT2D eigenvalue weighted by molar-refractivity contribution is 8.01. The van der Waals surface area contributed by atoms with E-state index in [4.69, 9.17) is 0 Å². The van der Waals surface area contributed by atoms with E-state index in [0.29, 0.717) is 6.42 Å². The molecule has 118 valence electrons. The van der Waals surface area contributed by atoms with Crippen molar-refractivity contribution in [3.63, 3.8) is 0 Å². The molecule has 1 aromatic heterocycles. The van der Waals surface area contributed by atoms with Gasteiger partial charge in [0, 0.05) is 23.6 Å². The van der Waals surface area contributed by atoms with Crippen LogP contribution in [0.4, 0.5) is 0 Å². The largest absolute Gasteiger partial charge is 0.334 e. The summed E-state index contributed by atoms with van der Waals surface area (Å²) in [5.74, 6) is 1.02. The van der Waals surface area contributed by atoms with Gasteiger partial charge < -0.3 is 9.80 Å². The minimum Gasteiger partial charge on any atom is -0.334 e. The first-order valence-corrected chi connectivity index (χ1v) is 9.71. The quantitative estimate of drug-likeness (QED) is 0.792. The Morgan fingerprint density at radius 3 is 3.05 bits per heavy atom. The van der Waals surface area contributed by atoms with Crippen LogP contribution in [0.2, 0.25) is 0 Å². The standard InChI is InChI=1S/C16H20N2O2S2/c1-10-11-5-8-21-13(11)4-7-17(10)15(20)12-9-22-16(2)6-3-14(19)18(12)16/h5,8,10,12H,3-4,6-7,9H2,1-2H3/t10-,12+,16+/m1/s1. The molecule has 2 amide bonds. The summed E-state index contributed by atoms with van der Waals surface area (Å²) < 4.78 is 0. The molecule has 3 atom stereocenters. The highest BCUT2D eigenvalue weighted by atomic mass is 32.2. The molecular weight excluding hydrogens is 316 g/mol. The van der Waals surface area contributed by atoms with E-state index in [0.717, 1.165) is 25.1 Å². The van der Waals surface area contributed by atoms with Gasteiger partial charge in [-0.15, -0.1) is 23.1 Å². The van der Waals surface area contributed by atoms with Gasteiger partial charge >= 0.3 is 0 Å². The minimum atomic E-state index is -0.271. The summed E-state index contributed by atoms with van der Waals surface area (Å²) in [6, 6.07) is 1.99. The second-order valence-electron chi connectivity index (χ2n) is 6.52. The van der Waals surface area contributed by atoms with Crippen molar-refractivity contribution in [1.82, 2.24) is 9.80 Å². The fourth-order valence-corrected chi connectivity index (χ4v) is 6.39. The van der Waals surface area contributed by atoms with Crippen LogP contribution in [0, 0.1) is 0 Å². The molecule has 0 saturated carbocycles. The van der Waals surface area contributed by atoms with Crippen molar-refractivity contribution in [3.8, 4) is 0 Å². The van der Waals surface area contributed by atoms with Gasteiger partial charge in [0.25, 0.3) is 0 Å². The zero-order chi connectivity index (χ0) is 15.5. The number of hydrogen-bond acceptors (Lipinski definition) is 4. The fourth-order valence-electron chi connectivity index (χ4n) is 4.01. The van der Waals surface area contributed by atoms with Crippen molar-refractivity contribution in [3.05, 3.63) is 21.9 Å². The topological polar surface area (TPSA) is 40.6 Å². The van der Waals surface area contributed by atoms with E-state index in [1.807, 2.05) is 9.80 Å². The Morgan fingerprint density at radius 1 is 1.41 bits per heavy atom. The van der Waals surface area contributed by atoms with Crippen LogP contribution in [0.5, 0.6) is 0 Å². The molecule has 0 spiro atoms. The van der Waals surface area contributed by atoms with Crippen molar-refractivity contribution in [2.45, 2.75) is 50.1 Å². The lowest BCUT2D eigenvalue weighted by Crippen LogP contribution is -2.52. The molecule has 4 heterocycles. The molecule has 0 radical (unpaired) electrons. The van der Waals surface area contributed by atoms with Crippen LogP contribution in [0.3, 0.4) is 0 Å². The maximum absolute atomic E-state index is 13.1. The lowest BCUT2D eigenvalue weighted by Gasteiger charge is -2.38. The van der Waals surface area contributed by atoms with Gasteiger partial charge in [0.15, 0.2) is 0 Å². The van der Waals surface area contributed by atoms with E-state index in [2.05, 4.69) is 25.3 Å². The molecule has 0 bridgehead atoms. The van der Waals surface area contributed by atoms with Crippen LogP contribution in [-0.4, -0.2) is 44.8 Å². The van der Waals surface area contributed by atoms with E-state index in [9.17, 15) is 9.59 Å². The Bertz CT molecular complexity index is 644. The first kappa shape index (κ1) is 14.6. The van der Waals surface area contributed by atoms with Crippen LogP contribution >= 0.6 is 23.1 Å². The molecule has 0 aromatic carbocycles. The van der Waals surface area contributed by atoms with Crippen molar-refractivity contribution < 1.29 is 9.59 Å². The Balaban J connectivity index is 1.59. The van der Waals surface area contributed by atoms with E-state index < -0.39 is 0 Å². The van der Waals surface area contributed by atoms with Crippen molar-refractivity contribution in [1.29, 1.82) is 0 Å². The lowest BCUT2D eigenvalue weighted by molar-refractivity contribution is -0.145. The van der Waals surface area contributed by atoms with Gasteiger partial charge in [-0.05, 0) is 43.7 Å². The van der Waals surface area contributed by atoms with Gasteiger partial charge in [0.2, 0.25) is 11.8 Å². The summed E-state index contributed by atoms with van der Waals surface area (Å²) in [4.78, 5) is 30.4. The third-order valence-electron chi connectivity index (χ3n) is 5.29. The monoisotopic (exact) mass is 336 g/mol. The maximum Gasteiger partial charge on any atom is 0.246 e. The number of carbonyl (C=O) groups excluding carboxylic acids is 2. The van der Waals surface area contributed by atoms with Crippen LogP contribution in [0.15, 0.2) is 11.4 Å². The Morgan fingerprint density at radius 2 is 2.23 bits per heavy atom. The SMILES string of the molecule is C[C@@H]1c2ccsc2CCN1C(=O)[C@@H]1CS[C@@]2(C)CCC(=O)N12. The molecular formula is C16H20N2O2S2. The molecule has 0 aliphatic carbocycles. The molecule has 22 heavy (non-hydrogen) atoms. The van der Waals surface area contributed by atoms with Crippen LogP contribution in [0.1, 0.15) is 43.2 Å². The van der Waals surface area contributed by atoms with Crippen LogP contribution < -0.4 is 0 Å². The number of fused-ring (bicyclic) bond motifs is 2. The smallest absolute Gasteiger partial charge is 0.246 e. The van der Waals surface area contributed by atoms with Gasteiger partial charge in [-0.3, -0.25) is 9.59 Å². The third-order valence-corrected chi connectivity index (χ3v) is 7.79. The Hall–Kier alpha value is -1.01. The number of carbonyl (C=O) groups is 2. The number of rotatable bonds is 1. The second kappa shape index (κ2) is 4.99. The normalized spacial score (nSPS) is 34.0. The van der Waals surface area contributed by atoms with Gasteiger partial charge in [0.1, 0.15) is 6.04 Å². The molecule has 0 N–H and O–H groups in total. The maximum atomic E-state index is 13.1. The van der Waals surface area contributed by atoms with Gasteiger partial charge in [-0.1, -0.05) is 0 Å². The van der Waals surface area contributed by atoms with Gasteiger partial charge in [-0.25, -0.2) is 0 Å². The van der Waals surface area contributed by atoms with Crippen molar-refractivity contribution in [2.75, 3.05) is 12.3 Å².